The molecule has 108 valence electrons. The van der Waals surface area contributed by atoms with Gasteiger partial charge >= 0.3 is 11.9 Å². The largest absolute Gasteiger partial charge is 0.459 e. The molecular weight excluding hydrogens is 256 g/mol. The smallest absolute Gasteiger partial charge is 0.330 e. The summed E-state index contributed by atoms with van der Waals surface area (Å²) in [6.45, 7) is 7.49. The first kappa shape index (κ1) is 12.4. The van der Waals surface area contributed by atoms with Crippen LogP contribution in [0.25, 0.3) is 0 Å². The first-order chi connectivity index (χ1) is 9.44. The minimum Gasteiger partial charge on any atom is -0.459 e. The first-order valence-corrected chi connectivity index (χ1v) is 7.50. The van der Waals surface area contributed by atoms with Gasteiger partial charge < -0.3 is 9.47 Å². The monoisotopic (exact) mass is 276 g/mol. The van der Waals surface area contributed by atoms with Crippen LogP contribution in [0.5, 0.6) is 0 Å². The lowest BCUT2D eigenvalue weighted by Gasteiger charge is -2.53. The summed E-state index contributed by atoms with van der Waals surface area (Å²) in [7, 11) is 0. The van der Waals surface area contributed by atoms with Crippen molar-refractivity contribution in [1.29, 1.82) is 0 Å². The maximum absolute atomic E-state index is 12.1. The Kier molecular flexibility index (Phi) is 2.27. The Balaban J connectivity index is 1.58. The third-order valence-corrected chi connectivity index (χ3v) is 6.16. The van der Waals surface area contributed by atoms with Gasteiger partial charge in [-0.1, -0.05) is 6.58 Å². The predicted molar refractivity (Wildman–Crippen MR) is 70.4 cm³/mol. The summed E-state index contributed by atoms with van der Waals surface area (Å²) in [6, 6.07) is 0. The fourth-order valence-corrected chi connectivity index (χ4v) is 5.69. The number of cyclic esters (lactones) is 1. The lowest BCUT2D eigenvalue weighted by molar-refractivity contribution is -0.159. The van der Waals surface area contributed by atoms with Crippen LogP contribution in [0.2, 0.25) is 0 Å². The fourth-order valence-electron chi connectivity index (χ4n) is 5.69. The van der Waals surface area contributed by atoms with E-state index in [0.29, 0.717) is 29.6 Å². The number of fused-ring (bicyclic) bond motifs is 8. The van der Waals surface area contributed by atoms with Gasteiger partial charge in [-0.25, -0.2) is 4.79 Å². The summed E-state index contributed by atoms with van der Waals surface area (Å²) in [5.41, 5.74) is -0.361. The molecule has 0 N–H and O–H groups in total. The Hall–Kier alpha value is -1.32. The number of carbonyl (C=O) groups excluding carboxylic acids is 2. The van der Waals surface area contributed by atoms with Gasteiger partial charge in [0.2, 0.25) is 0 Å². The summed E-state index contributed by atoms with van der Waals surface area (Å²) in [4.78, 5) is 23.5. The maximum Gasteiger partial charge on any atom is 0.330 e. The summed E-state index contributed by atoms with van der Waals surface area (Å²) in [5.74, 6) is 1.96. The van der Waals surface area contributed by atoms with Gasteiger partial charge in [0.15, 0.2) is 0 Å². The molecule has 7 atom stereocenters. The molecule has 1 aliphatic heterocycles. The minimum atomic E-state index is -0.361. The van der Waals surface area contributed by atoms with Crippen molar-refractivity contribution in [3.8, 4) is 0 Å². The number of esters is 2. The Morgan fingerprint density at radius 3 is 2.85 bits per heavy atom. The highest BCUT2D eigenvalue weighted by Crippen LogP contribution is 2.71. The third-order valence-electron chi connectivity index (χ3n) is 6.16. The predicted octanol–water partition coefficient (Wildman–Crippen LogP) is 1.94. The Bertz CT molecular complexity index is 509. The van der Waals surface area contributed by atoms with Gasteiger partial charge in [-0.15, -0.1) is 0 Å². The molecular formula is C16H20O4. The zero-order valence-electron chi connectivity index (χ0n) is 11.9. The van der Waals surface area contributed by atoms with Crippen LogP contribution in [0, 0.1) is 35.5 Å². The van der Waals surface area contributed by atoms with Crippen molar-refractivity contribution in [2.45, 2.75) is 38.4 Å². The lowest BCUT2D eigenvalue weighted by Crippen LogP contribution is -2.57. The highest BCUT2D eigenvalue weighted by Gasteiger charge is 2.74. The van der Waals surface area contributed by atoms with Gasteiger partial charge in [0, 0.05) is 12.0 Å². The number of hydrogen-bond donors (Lipinski definition) is 0. The molecule has 2 bridgehead atoms. The average molecular weight is 276 g/mol. The Morgan fingerprint density at radius 1 is 1.40 bits per heavy atom. The van der Waals surface area contributed by atoms with Crippen molar-refractivity contribution in [2.24, 2.45) is 35.5 Å². The molecule has 0 aromatic heterocycles. The van der Waals surface area contributed by atoms with Gasteiger partial charge in [-0.2, -0.15) is 0 Å². The Labute approximate surface area is 118 Å². The molecule has 1 saturated heterocycles. The highest BCUT2D eigenvalue weighted by molar-refractivity contribution is 5.81. The van der Waals surface area contributed by atoms with Crippen molar-refractivity contribution >= 4 is 11.9 Å². The van der Waals surface area contributed by atoms with E-state index in [1.165, 1.54) is 6.08 Å². The van der Waals surface area contributed by atoms with Crippen molar-refractivity contribution in [2.75, 3.05) is 0 Å². The second-order valence-corrected chi connectivity index (χ2v) is 7.31. The molecule has 4 heteroatoms. The third kappa shape index (κ3) is 1.32. The molecule has 20 heavy (non-hydrogen) atoms. The second-order valence-electron chi connectivity index (χ2n) is 7.31. The lowest BCUT2D eigenvalue weighted by atomic mass is 9.49. The summed E-state index contributed by atoms with van der Waals surface area (Å²) >= 11 is 0. The van der Waals surface area contributed by atoms with Gasteiger partial charge in [0.05, 0.1) is 5.92 Å². The van der Waals surface area contributed by atoms with E-state index in [1.54, 1.807) is 0 Å². The molecule has 0 aromatic carbocycles. The molecule has 0 aromatic rings. The highest BCUT2D eigenvalue weighted by atomic mass is 16.6. The van der Waals surface area contributed by atoms with E-state index in [1.807, 2.05) is 13.8 Å². The standard InChI is InChI=1S/C16H20O4/c1-4-10(17)19-9-6-7-5-8(9)12-11(7)13-14(12)16(2,3)20-15(13)18/h4,7-9,11-14H,1,5-6H2,2-3H3. The van der Waals surface area contributed by atoms with E-state index in [-0.39, 0.29) is 29.6 Å². The van der Waals surface area contributed by atoms with Gasteiger partial charge in [0.25, 0.3) is 0 Å². The molecule has 3 aliphatic carbocycles. The summed E-state index contributed by atoms with van der Waals surface area (Å²) in [6.07, 6.45) is 3.25. The SMILES string of the molecule is C=CC(=O)OC1CC2CC1C1C2C2C(=O)OC(C)(C)C21. The van der Waals surface area contributed by atoms with E-state index < -0.39 is 0 Å². The minimum absolute atomic E-state index is 0.00608. The van der Waals surface area contributed by atoms with Gasteiger partial charge in [-0.05, 0) is 50.4 Å². The molecule has 4 aliphatic rings. The molecule has 0 amide bonds. The number of hydrogen-bond acceptors (Lipinski definition) is 4. The second kappa shape index (κ2) is 3.66. The fraction of sp³-hybridized carbons (Fsp3) is 0.750. The zero-order chi connectivity index (χ0) is 14.2. The molecule has 4 fully saturated rings. The van der Waals surface area contributed by atoms with Crippen LogP contribution in [0.4, 0.5) is 0 Å². The van der Waals surface area contributed by atoms with E-state index >= 15 is 0 Å². The van der Waals surface area contributed by atoms with E-state index in [0.717, 1.165) is 12.8 Å². The molecule has 1 heterocycles. The van der Waals surface area contributed by atoms with Crippen LogP contribution in [0.1, 0.15) is 26.7 Å². The topological polar surface area (TPSA) is 52.6 Å². The molecule has 0 radical (unpaired) electrons. The number of carbonyl (C=O) groups is 2. The van der Waals surface area contributed by atoms with Crippen molar-refractivity contribution < 1.29 is 19.1 Å². The molecule has 7 unspecified atom stereocenters. The van der Waals surface area contributed by atoms with Gasteiger partial charge in [-0.3, -0.25) is 4.79 Å². The van der Waals surface area contributed by atoms with Crippen LogP contribution in [0.15, 0.2) is 12.7 Å². The first-order valence-electron chi connectivity index (χ1n) is 7.50. The van der Waals surface area contributed by atoms with Crippen molar-refractivity contribution in [3.63, 3.8) is 0 Å². The van der Waals surface area contributed by atoms with Crippen LogP contribution in [-0.2, 0) is 19.1 Å². The van der Waals surface area contributed by atoms with E-state index in [9.17, 15) is 9.59 Å². The molecule has 4 rings (SSSR count). The van der Waals surface area contributed by atoms with E-state index in [4.69, 9.17) is 9.47 Å². The molecule has 3 saturated carbocycles. The number of ether oxygens (including phenoxy) is 2. The van der Waals surface area contributed by atoms with Crippen LogP contribution < -0.4 is 0 Å². The summed E-state index contributed by atoms with van der Waals surface area (Å²) < 4.78 is 11.1. The Morgan fingerprint density at radius 2 is 2.15 bits per heavy atom. The normalized spacial score (nSPS) is 49.9. The van der Waals surface area contributed by atoms with Crippen LogP contribution >= 0.6 is 0 Å². The zero-order valence-corrected chi connectivity index (χ0v) is 11.9. The van der Waals surface area contributed by atoms with Crippen LogP contribution in [0.3, 0.4) is 0 Å². The van der Waals surface area contributed by atoms with Crippen LogP contribution in [-0.4, -0.2) is 23.6 Å². The summed E-state index contributed by atoms with van der Waals surface area (Å²) in [5, 5.41) is 0. The van der Waals surface area contributed by atoms with Crippen molar-refractivity contribution in [1.82, 2.24) is 0 Å². The number of rotatable bonds is 2. The van der Waals surface area contributed by atoms with E-state index in [2.05, 4.69) is 6.58 Å². The molecule has 0 spiro atoms. The quantitative estimate of drug-likeness (QED) is 0.571. The van der Waals surface area contributed by atoms with Gasteiger partial charge in [0.1, 0.15) is 11.7 Å². The molecule has 4 nitrogen and oxygen atoms in total. The average Bonchev–Trinajstić information content (AvgIpc) is 2.86. The maximum atomic E-state index is 12.1. The van der Waals surface area contributed by atoms with Crippen molar-refractivity contribution in [3.05, 3.63) is 12.7 Å².